The maximum Gasteiger partial charge on any atom is 0.293 e. The molecular formula is C18H13Cl3N2O3. The quantitative estimate of drug-likeness (QED) is 0.271. The summed E-state index contributed by atoms with van der Waals surface area (Å²) in [6.07, 6.45) is 4.65. The van der Waals surface area contributed by atoms with Gasteiger partial charge in [-0.15, -0.1) is 0 Å². The molecule has 0 saturated carbocycles. The van der Waals surface area contributed by atoms with Crippen molar-refractivity contribution in [3.63, 3.8) is 0 Å². The number of fused-ring (bicyclic) bond motifs is 3. The van der Waals surface area contributed by atoms with E-state index in [1.807, 2.05) is 18.2 Å². The number of hydrogen-bond acceptors (Lipinski definition) is 4. The molecule has 1 aliphatic heterocycles. The monoisotopic (exact) mass is 410 g/mol. The second-order valence-corrected chi connectivity index (χ2v) is 7.66. The smallest absolute Gasteiger partial charge is 0.293 e. The fourth-order valence-electron chi connectivity index (χ4n) is 3.96. The van der Waals surface area contributed by atoms with Crippen LogP contribution in [0.1, 0.15) is 29.5 Å². The zero-order valence-electron chi connectivity index (χ0n) is 13.2. The summed E-state index contributed by atoms with van der Waals surface area (Å²) in [7, 11) is 0. The van der Waals surface area contributed by atoms with Gasteiger partial charge in [-0.3, -0.25) is 10.1 Å². The molecule has 134 valence electrons. The molecule has 1 heterocycles. The van der Waals surface area contributed by atoms with Crippen LogP contribution in [0.3, 0.4) is 0 Å². The van der Waals surface area contributed by atoms with Gasteiger partial charge in [-0.1, -0.05) is 53.0 Å². The SMILES string of the molecule is O=[N+]([O-])c1c(Cl)cc(O)c2c1[C@H]1C=CC[C@@H]1[C@H](c1ccc(Cl)cc1Cl)N2. The Balaban J connectivity index is 1.91. The van der Waals surface area contributed by atoms with Crippen LogP contribution in [0.15, 0.2) is 36.4 Å². The highest BCUT2D eigenvalue weighted by Crippen LogP contribution is 2.56. The Bertz CT molecular complexity index is 961. The zero-order chi connectivity index (χ0) is 18.6. The first-order valence-corrected chi connectivity index (χ1v) is 9.09. The fourth-order valence-corrected chi connectivity index (χ4v) is 4.76. The predicted octanol–water partition coefficient (Wildman–Crippen LogP) is 6.09. The van der Waals surface area contributed by atoms with E-state index in [1.54, 1.807) is 12.1 Å². The Morgan fingerprint density at radius 2 is 1.96 bits per heavy atom. The Morgan fingerprint density at radius 1 is 1.19 bits per heavy atom. The van der Waals surface area contributed by atoms with Crippen LogP contribution in [0, 0.1) is 16.0 Å². The van der Waals surface area contributed by atoms with Gasteiger partial charge in [0.2, 0.25) is 0 Å². The number of nitro groups is 1. The number of rotatable bonds is 2. The third-order valence-corrected chi connectivity index (χ3v) is 5.88. The molecule has 0 saturated heterocycles. The average molecular weight is 412 g/mol. The third-order valence-electron chi connectivity index (χ3n) is 5.02. The topological polar surface area (TPSA) is 75.4 Å². The van der Waals surface area contributed by atoms with Crippen LogP contribution in [0.4, 0.5) is 11.4 Å². The fraction of sp³-hybridized carbons (Fsp3) is 0.222. The van der Waals surface area contributed by atoms with E-state index in [4.69, 9.17) is 34.8 Å². The molecule has 0 bridgehead atoms. The van der Waals surface area contributed by atoms with Crippen LogP contribution >= 0.6 is 34.8 Å². The molecule has 1 aliphatic carbocycles. The summed E-state index contributed by atoms with van der Waals surface area (Å²) < 4.78 is 0. The number of allylic oxidation sites excluding steroid dienone is 2. The van der Waals surface area contributed by atoms with E-state index in [2.05, 4.69) is 5.32 Å². The molecule has 8 heteroatoms. The lowest BCUT2D eigenvalue weighted by atomic mass is 9.76. The number of hydrogen-bond donors (Lipinski definition) is 2. The number of nitro benzene ring substituents is 1. The Labute approximate surface area is 164 Å². The van der Waals surface area contributed by atoms with Crippen LogP contribution in [0.25, 0.3) is 0 Å². The molecule has 5 nitrogen and oxygen atoms in total. The van der Waals surface area contributed by atoms with Crippen molar-refractivity contribution in [1.29, 1.82) is 0 Å². The van der Waals surface area contributed by atoms with E-state index < -0.39 is 4.92 Å². The highest BCUT2D eigenvalue weighted by Gasteiger charge is 2.44. The summed E-state index contributed by atoms with van der Waals surface area (Å²) in [6, 6.07) is 6.23. The highest BCUT2D eigenvalue weighted by atomic mass is 35.5. The van der Waals surface area contributed by atoms with Crippen molar-refractivity contribution in [1.82, 2.24) is 0 Å². The number of nitrogens with one attached hydrogen (secondary N) is 1. The molecule has 0 amide bonds. The summed E-state index contributed by atoms with van der Waals surface area (Å²) >= 11 is 18.4. The maximum atomic E-state index is 11.6. The minimum atomic E-state index is -0.499. The van der Waals surface area contributed by atoms with E-state index in [-0.39, 0.29) is 34.3 Å². The Hall–Kier alpha value is -1.95. The largest absolute Gasteiger partial charge is 0.506 e. The van der Waals surface area contributed by atoms with E-state index in [0.29, 0.717) is 21.3 Å². The van der Waals surface area contributed by atoms with Gasteiger partial charge in [0, 0.05) is 22.0 Å². The van der Waals surface area contributed by atoms with Crippen LogP contribution in [0.2, 0.25) is 15.1 Å². The highest BCUT2D eigenvalue weighted by molar-refractivity contribution is 6.35. The van der Waals surface area contributed by atoms with Gasteiger partial charge in [-0.05, 0) is 30.0 Å². The van der Waals surface area contributed by atoms with Gasteiger partial charge >= 0.3 is 0 Å². The van der Waals surface area contributed by atoms with Crippen LogP contribution < -0.4 is 5.32 Å². The summed E-state index contributed by atoms with van der Waals surface area (Å²) in [5, 5.41) is 26.2. The molecule has 26 heavy (non-hydrogen) atoms. The summed E-state index contributed by atoms with van der Waals surface area (Å²) in [5.74, 6) is -0.352. The number of phenolic OH excluding ortho intramolecular Hbond substituents is 1. The maximum absolute atomic E-state index is 11.6. The molecule has 4 rings (SSSR count). The van der Waals surface area contributed by atoms with E-state index in [1.165, 1.54) is 6.07 Å². The van der Waals surface area contributed by atoms with E-state index in [9.17, 15) is 15.2 Å². The van der Waals surface area contributed by atoms with Crippen molar-refractivity contribution in [2.75, 3.05) is 5.32 Å². The summed E-state index contributed by atoms with van der Waals surface area (Å²) in [6.45, 7) is 0. The van der Waals surface area contributed by atoms with Gasteiger partial charge in [0.25, 0.3) is 5.69 Å². The van der Waals surface area contributed by atoms with Gasteiger partial charge in [-0.25, -0.2) is 0 Å². The molecule has 2 aromatic carbocycles. The van der Waals surface area contributed by atoms with Gasteiger partial charge in [-0.2, -0.15) is 0 Å². The summed E-state index contributed by atoms with van der Waals surface area (Å²) in [5.41, 5.74) is 1.40. The second-order valence-electron chi connectivity index (χ2n) is 6.41. The Kier molecular flexibility index (Phi) is 4.26. The standard InChI is InChI=1S/C18H13Cl3N2O3/c19-8-4-5-11(12(20)6-8)16-10-3-1-2-9(10)15-17(22-16)14(24)7-13(21)18(15)23(25)26/h1-2,4-7,9-10,16,22,24H,3H2/t9-,10-,16+/m0/s1. The third kappa shape index (κ3) is 2.62. The number of benzene rings is 2. The minimum absolute atomic E-state index is 0.0118. The van der Waals surface area contributed by atoms with Gasteiger partial charge in [0.15, 0.2) is 0 Å². The number of aromatic hydroxyl groups is 1. The normalized spacial score (nSPS) is 23.3. The number of anilines is 1. The lowest BCUT2D eigenvalue weighted by molar-refractivity contribution is -0.385. The number of nitrogens with zero attached hydrogens (tertiary/aromatic N) is 1. The molecule has 0 fully saturated rings. The molecule has 0 aromatic heterocycles. The average Bonchev–Trinajstić information content (AvgIpc) is 3.04. The van der Waals surface area contributed by atoms with Crippen LogP contribution in [0.5, 0.6) is 5.75 Å². The first-order valence-electron chi connectivity index (χ1n) is 7.96. The van der Waals surface area contributed by atoms with Crippen molar-refractivity contribution in [2.45, 2.75) is 18.4 Å². The molecule has 2 aliphatic rings. The first kappa shape index (κ1) is 17.5. The molecule has 2 aromatic rings. The lowest BCUT2D eigenvalue weighted by Gasteiger charge is -2.37. The predicted molar refractivity (Wildman–Crippen MR) is 103 cm³/mol. The summed E-state index contributed by atoms with van der Waals surface area (Å²) in [4.78, 5) is 11.1. The number of halogens is 3. The van der Waals surface area contributed by atoms with Gasteiger partial charge in [0.1, 0.15) is 10.8 Å². The number of phenols is 1. The first-order chi connectivity index (χ1) is 12.4. The second kappa shape index (κ2) is 6.34. The molecule has 0 radical (unpaired) electrons. The molecule has 0 unspecified atom stereocenters. The van der Waals surface area contributed by atoms with Crippen molar-refractivity contribution < 1.29 is 10.0 Å². The van der Waals surface area contributed by atoms with Crippen molar-refractivity contribution in [3.05, 3.63) is 72.7 Å². The lowest BCUT2D eigenvalue weighted by Crippen LogP contribution is -2.30. The van der Waals surface area contributed by atoms with Gasteiger partial charge in [0.05, 0.1) is 22.2 Å². The minimum Gasteiger partial charge on any atom is -0.506 e. The molecule has 0 spiro atoms. The van der Waals surface area contributed by atoms with Gasteiger partial charge < -0.3 is 10.4 Å². The van der Waals surface area contributed by atoms with E-state index >= 15 is 0 Å². The molecular weight excluding hydrogens is 399 g/mol. The zero-order valence-corrected chi connectivity index (χ0v) is 15.5. The van der Waals surface area contributed by atoms with Crippen LogP contribution in [-0.4, -0.2) is 10.0 Å². The Morgan fingerprint density at radius 3 is 2.65 bits per heavy atom. The molecule has 3 atom stereocenters. The van der Waals surface area contributed by atoms with Crippen molar-refractivity contribution in [2.24, 2.45) is 5.92 Å². The van der Waals surface area contributed by atoms with E-state index in [0.717, 1.165) is 12.0 Å². The van der Waals surface area contributed by atoms with Crippen molar-refractivity contribution >= 4 is 46.2 Å². The van der Waals surface area contributed by atoms with Crippen molar-refractivity contribution in [3.8, 4) is 5.75 Å². The molecule has 2 N–H and O–H groups in total. The van der Waals surface area contributed by atoms with Crippen LogP contribution in [-0.2, 0) is 0 Å².